The Morgan fingerprint density at radius 2 is 1.87 bits per heavy atom. The van der Waals surface area contributed by atoms with Crippen LogP contribution < -0.4 is 0 Å². The fourth-order valence-corrected chi connectivity index (χ4v) is 5.28. The number of carbonyl (C=O) groups is 2. The molecule has 1 saturated carbocycles. The van der Waals surface area contributed by atoms with Crippen molar-refractivity contribution in [3.8, 4) is 0 Å². The van der Waals surface area contributed by atoms with Crippen molar-refractivity contribution in [1.29, 1.82) is 0 Å². The van der Waals surface area contributed by atoms with Gasteiger partial charge in [-0.3, -0.25) is 4.79 Å². The van der Waals surface area contributed by atoms with Gasteiger partial charge >= 0.3 is 5.97 Å². The van der Waals surface area contributed by atoms with E-state index in [0.29, 0.717) is 29.7 Å². The second kappa shape index (κ2) is 9.38. The minimum atomic E-state index is -0.346. The predicted molar refractivity (Wildman–Crippen MR) is 118 cm³/mol. The number of ketones is 1. The SMILES string of the molecule is CCOC(=O)c1[nH]c2c(c1CCC1CCCCC1)C(=O)C[C@@H](c1ccc(Cl)cc1)C2. The van der Waals surface area contributed by atoms with Gasteiger partial charge in [-0.15, -0.1) is 0 Å². The number of nitrogens with one attached hydrogen (secondary N) is 1. The second-order valence-electron chi connectivity index (χ2n) is 8.68. The molecule has 0 bridgehead atoms. The molecule has 1 aromatic heterocycles. The lowest BCUT2D eigenvalue weighted by Gasteiger charge is -2.23. The number of fused-ring (bicyclic) bond motifs is 1. The first-order chi connectivity index (χ1) is 14.6. The van der Waals surface area contributed by atoms with Crippen molar-refractivity contribution in [3.05, 3.63) is 57.4 Å². The van der Waals surface area contributed by atoms with Gasteiger partial charge in [0.25, 0.3) is 0 Å². The molecule has 1 aromatic carbocycles. The Balaban J connectivity index is 1.62. The molecule has 2 aliphatic carbocycles. The molecule has 1 fully saturated rings. The summed E-state index contributed by atoms with van der Waals surface area (Å²) in [5, 5.41) is 0.691. The van der Waals surface area contributed by atoms with Gasteiger partial charge in [0, 0.05) is 22.7 Å². The Kier molecular flexibility index (Phi) is 6.62. The molecule has 0 saturated heterocycles. The average molecular weight is 428 g/mol. The van der Waals surface area contributed by atoms with E-state index in [1.165, 1.54) is 32.1 Å². The number of aromatic nitrogens is 1. The Hall–Kier alpha value is -2.07. The van der Waals surface area contributed by atoms with Crippen molar-refractivity contribution in [1.82, 2.24) is 4.98 Å². The topological polar surface area (TPSA) is 59.2 Å². The van der Waals surface area contributed by atoms with Gasteiger partial charge in [-0.25, -0.2) is 4.79 Å². The van der Waals surface area contributed by atoms with Crippen LogP contribution in [-0.4, -0.2) is 23.3 Å². The molecule has 4 nitrogen and oxygen atoms in total. The van der Waals surface area contributed by atoms with Crippen LogP contribution in [0.4, 0.5) is 0 Å². The molecule has 2 aliphatic rings. The molecule has 1 atom stereocenters. The molecule has 4 rings (SSSR count). The van der Waals surface area contributed by atoms with Crippen LogP contribution >= 0.6 is 11.6 Å². The number of halogens is 1. The summed E-state index contributed by atoms with van der Waals surface area (Å²) >= 11 is 6.02. The number of H-pyrrole nitrogens is 1. The van der Waals surface area contributed by atoms with E-state index in [-0.39, 0.29) is 17.7 Å². The first kappa shape index (κ1) is 21.2. The highest BCUT2D eigenvalue weighted by molar-refractivity contribution is 6.30. The molecule has 2 aromatic rings. The Labute approximate surface area is 183 Å². The molecule has 0 amide bonds. The van der Waals surface area contributed by atoms with Crippen LogP contribution in [0.5, 0.6) is 0 Å². The highest BCUT2D eigenvalue weighted by Gasteiger charge is 2.33. The minimum Gasteiger partial charge on any atom is -0.461 e. The fourth-order valence-electron chi connectivity index (χ4n) is 5.15. The van der Waals surface area contributed by atoms with Gasteiger partial charge in [-0.1, -0.05) is 55.8 Å². The van der Waals surface area contributed by atoms with Crippen LogP contribution in [0.25, 0.3) is 0 Å². The lowest BCUT2D eigenvalue weighted by atomic mass is 9.80. The smallest absolute Gasteiger partial charge is 0.355 e. The van der Waals surface area contributed by atoms with E-state index in [9.17, 15) is 9.59 Å². The van der Waals surface area contributed by atoms with Gasteiger partial charge < -0.3 is 9.72 Å². The zero-order valence-electron chi connectivity index (χ0n) is 17.6. The lowest BCUT2D eigenvalue weighted by molar-refractivity contribution is 0.0518. The van der Waals surface area contributed by atoms with Crippen LogP contribution in [0.15, 0.2) is 24.3 Å². The van der Waals surface area contributed by atoms with Crippen molar-refractivity contribution in [2.45, 2.75) is 70.6 Å². The zero-order chi connectivity index (χ0) is 21.1. The summed E-state index contributed by atoms with van der Waals surface area (Å²) in [4.78, 5) is 29.1. The van der Waals surface area contributed by atoms with Gasteiger partial charge in [-0.05, 0) is 61.3 Å². The number of hydrogen-bond donors (Lipinski definition) is 1. The van der Waals surface area contributed by atoms with E-state index in [0.717, 1.165) is 41.6 Å². The number of benzene rings is 1. The van der Waals surface area contributed by atoms with Gasteiger partial charge in [0.15, 0.2) is 5.78 Å². The van der Waals surface area contributed by atoms with Gasteiger partial charge in [0.2, 0.25) is 0 Å². The molecule has 0 radical (unpaired) electrons. The van der Waals surface area contributed by atoms with Crippen LogP contribution in [0, 0.1) is 5.92 Å². The molecule has 30 heavy (non-hydrogen) atoms. The quantitative estimate of drug-likeness (QED) is 0.552. The van der Waals surface area contributed by atoms with Crippen LogP contribution in [0.3, 0.4) is 0 Å². The summed E-state index contributed by atoms with van der Waals surface area (Å²) in [6.07, 6.45) is 9.41. The van der Waals surface area contributed by atoms with Crippen molar-refractivity contribution in [2.75, 3.05) is 6.61 Å². The molecule has 160 valence electrons. The van der Waals surface area contributed by atoms with E-state index in [2.05, 4.69) is 4.98 Å². The number of hydrogen-bond acceptors (Lipinski definition) is 3. The van der Waals surface area contributed by atoms with E-state index in [1.807, 2.05) is 31.2 Å². The standard InChI is InChI=1S/C25H30ClNO3/c1-2-30-25(29)24-20(13-8-16-6-4-3-5-7-16)23-21(27-24)14-18(15-22(23)28)17-9-11-19(26)12-10-17/h9-12,16,18,27H,2-8,13-15H2,1H3/t18-/m0/s1. The normalized spacial score (nSPS) is 19.5. The minimum absolute atomic E-state index is 0.0992. The highest BCUT2D eigenvalue weighted by Crippen LogP contribution is 2.37. The molecule has 5 heteroatoms. The van der Waals surface area contributed by atoms with Gasteiger partial charge in [0.1, 0.15) is 5.69 Å². The summed E-state index contributed by atoms with van der Waals surface area (Å²) in [5.74, 6) is 0.574. The van der Waals surface area contributed by atoms with E-state index in [4.69, 9.17) is 16.3 Å². The third kappa shape index (κ3) is 4.49. The van der Waals surface area contributed by atoms with E-state index < -0.39 is 0 Å². The first-order valence-electron chi connectivity index (χ1n) is 11.3. The molecule has 1 heterocycles. The largest absolute Gasteiger partial charge is 0.461 e. The van der Waals surface area contributed by atoms with Crippen molar-refractivity contribution >= 4 is 23.4 Å². The van der Waals surface area contributed by atoms with Crippen molar-refractivity contribution in [2.24, 2.45) is 5.92 Å². The monoisotopic (exact) mass is 427 g/mol. The van der Waals surface area contributed by atoms with Crippen molar-refractivity contribution in [3.63, 3.8) is 0 Å². The van der Waals surface area contributed by atoms with Crippen molar-refractivity contribution < 1.29 is 14.3 Å². The van der Waals surface area contributed by atoms with Crippen LogP contribution in [0.1, 0.15) is 95.5 Å². The zero-order valence-corrected chi connectivity index (χ0v) is 18.4. The highest BCUT2D eigenvalue weighted by atomic mass is 35.5. The third-order valence-corrected chi connectivity index (χ3v) is 6.94. The molecule has 0 spiro atoms. The van der Waals surface area contributed by atoms with Gasteiger partial charge in [-0.2, -0.15) is 0 Å². The number of ether oxygens (including phenoxy) is 1. The Morgan fingerprint density at radius 1 is 1.13 bits per heavy atom. The van der Waals surface area contributed by atoms with E-state index in [1.54, 1.807) is 0 Å². The van der Waals surface area contributed by atoms with Crippen LogP contribution in [-0.2, 0) is 17.6 Å². The molecular weight excluding hydrogens is 398 g/mol. The summed E-state index contributed by atoms with van der Waals surface area (Å²) in [6, 6.07) is 7.71. The molecule has 0 unspecified atom stereocenters. The van der Waals surface area contributed by atoms with Gasteiger partial charge in [0.05, 0.1) is 6.61 Å². The maximum atomic E-state index is 13.2. The first-order valence-corrected chi connectivity index (χ1v) is 11.6. The maximum Gasteiger partial charge on any atom is 0.355 e. The fraction of sp³-hybridized carbons (Fsp3) is 0.520. The molecular formula is C25H30ClNO3. The average Bonchev–Trinajstić information content (AvgIpc) is 3.13. The Bertz CT molecular complexity index is 909. The third-order valence-electron chi connectivity index (χ3n) is 6.69. The van der Waals surface area contributed by atoms with E-state index >= 15 is 0 Å². The number of carbonyl (C=O) groups excluding carboxylic acids is 2. The number of rotatable bonds is 6. The Morgan fingerprint density at radius 3 is 2.57 bits per heavy atom. The number of Topliss-reactive ketones (excluding diaryl/α,β-unsaturated/α-hetero) is 1. The predicted octanol–water partition coefficient (Wildman–Crippen LogP) is 6.27. The summed E-state index contributed by atoms with van der Waals surface area (Å²) in [7, 11) is 0. The van der Waals surface area contributed by atoms with Crippen LogP contribution in [0.2, 0.25) is 5.02 Å². The lowest BCUT2D eigenvalue weighted by Crippen LogP contribution is -2.19. The summed E-state index contributed by atoms with van der Waals surface area (Å²) in [5.41, 5.74) is 4.11. The molecule has 1 N–H and O–H groups in total. The summed E-state index contributed by atoms with van der Waals surface area (Å²) < 4.78 is 5.30. The maximum absolute atomic E-state index is 13.2. The molecule has 0 aliphatic heterocycles. The number of aromatic amines is 1. The summed E-state index contributed by atoms with van der Waals surface area (Å²) in [6.45, 7) is 2.14. The number of esters is 1. The second-order valence-corrected chi connectivity index (χ2v) is 9.11.